The minimum Gasteiger partial charge on any atom is -0.497 e. The van der Waals surface area contributed by atoms with Crippen LogP contribution in [0.3, 0.4) is 0 Å². The predicted octanol–water partition coefficient (Wildman–Crippen LogP) is 0.846. The number of hydrogen-bond acceptors (Lipinski definition) is 4. The average Bonchev–Trinajstić information content (AvgIpc) is 2.52. The molecular formula is C15H20N2O4. The molecule has 6 nitrogen and oxygen atoms in total. The molecule has 114 valence electrons. The minimum atomic E-state index is -0.167. The number of ether oxygens (including phenoxy) is 2. The number of piperidine rings is 1. The van der Waals surface area contributed by atoms with Crippen molar-refractivity contribution >= 4 is 11.8 Å². The molecule has 1 heterocycles. The van der Waals surface area contributed by atoms with Crippen LogP contribution in [0.5, 0.6) is 11.5 Å². The van der Waals surface area contributed by atoms with E-state index in [1.165, 1.54) is 0 Å². The van der Waals surface area contributed by atoms with E-state index in [1.54, 1.807) is 26.4 Å². The van der Waals surface area contributed by atoms with E-state index < -0.39 is 0 Å². The molecule has 0 aromatic heterocycles. The van der Waals surface area contributed by atoms with Crippen molar-refractivity contribution in [3.8, 4) is 11.5 Å². The summed E-state index contributed by atoms with van der Waals surface area (Å²) < 4.78 is 10.4. The first kappa shape index (κ1) is 15.2. The molecule has 1 atom stereocenters. The van der Waals surface area contributed by atoms with E-state index in [4.69, 9.17) is 9.47 Å². The van der Waals surface area contributed by atoms with E-state index in [1.807, 2.05) is 6.07 Å². The Kier molecular flexibility index (Phi) is 5.03. The van der Waals surface area contributed by atoms with Gasteiger partial charge in [-0.15, -0.1) is 0 Å². The Morgan fingerprint density at radius 3 is 2.81 bits per heavy atom. The Morgan fingerprint density at radius 1 is 1.38 bits per heavy atom. The van der Waals surface area contributed by atoms with Crippen LogP contribution in [-0.2, 0) is 16.1 Å². The first-order chi connectivity index (χ1) is 10.1. The van der Waals surface area contributed by atoms with Crippen molar-refractivity contribution < 1.29 is 19.1 Å². The maximum atomic E-state index is 12.1. The van der Waals surface area contributed by atoms with Crippen molar-refractivity contribution in [1.29, 1.82) is 0 Å². The molecule has 0 aliphatic carbocycles. The zero-order valence-corrected chi connectivity index (χ0v) is 12.3. The average molecular weight is 292 g/mol. The molecule has 6 heteroatoms. The second kappa shape index (κ2) is 6.97. The van der Waals surface area contributed by atoms with Gasteiger partial charge in [0.2, 0.25) is 11.8 Å². The van der Waals surface area contributed by atoms with Gasteiger partial charge >= 0.3 is 0 Å². The van der Waals surface area contributed by atoms with Crippen LogP contribution in [0.4, 0.5) is 0 Å². The van der Waals surface area contributed by atoms with Gasteiger partial charge in [0, 0.05) is 25.1 Å². The van der Waals surface area contributed by atoms with Crippen molar-refractivity contribution in [2.24, 2.45) is 5.92 Å². The largest absolute Gasteiger partial charge is 0.497 e. The summed E-state index contributed by atoms with van der Waals surface area (Å²) in [5, 5.41) is 5.59. The second-order valence-electron chi connectivity index (χ2n) is 4.94. The molecule has 0 spiro atoms. The number of amides is 2. The highest BCUT2D eigenvalue weighted by molar-refractivity contribution is 5.83. The summed E-state index contributed by atoms with van der Waals surface area (Å²) >= 11 is 0. The smallest absolute Gasteiger partial charge is 0.225 e. The van der Waals surface area contributed by atoms with Gasteiger partial charge in [0.05, 0.1) is 20.1 Å². The molecule has 1 saturated heterocycles. The van der Waals surface area contributed by atoms with Gasteiger partial charge < -0.3 is 20.1 Å². The SMILES string of the molecule is COc1ccc(OC)c(CNC(=O)C2CCC(=O)NC2)c1. The summed E-state index contributed by atoms with van der Waals surface area (Å²) in [7, 11) is 3.18. The number of carbonyl (C=O) groups excluding carboxylic acids is 2. The zero-order valence-electron chi connectivity index (χ0n) is 12.3. The van der Waals surface area contributed by atoms with Crippen molar-refractivity contribution in [3.63, 3.8) is 0 Å². The van der Waals surface area contributed by atoms with Gasteiger partial charge in [-0.2, -0.15) is 0 Å². The quantitative estimate of drug-likeness (QED) is 0.843. The van der Waals surface area contributed by atoms with Gasteiger partial charge in [0.15, 0.2) is 0 Å². The third-order valence-corrected chi connectivity index (χ3v) is 3.58. The van der Waals surface area contributed by atoms with Crippen molar-refractivity contribution in [1.82, 2.24) is 10.6 Å². The Hall–Kier alpha value is -2.24. The lowest BCUT2D eigenvalue weighted by Gasteiger charge is -2.21. The first-order valence-electron chi connectivity index (χ1n) is 6.89. The highest BCUT2D eigenvalue weighted by atomic mass is 16.5. The van der Waals surface area contributed by atoms with Crippen LogP contribution in [0.15, 0.2) is 18.2 Å². The molecule has 1 aliphatic heterocycles. The Bertz CT molecular complexity index is 520. The van der Waals surface area contributed by atoms with Gasteiger partial charge in [-0.3, -0.25) is 9.59 Å². The number of rotatable bonds is 5. The summed E-state index contributed by atoms with van der Waals surface area (Å²) in [5.74, 6) is 1.20. The lowest BCUT2D eigenvalue weighted by Crippen LogP contribution is -2.42. The molecule has 21 heavy (non-hydrogen) atoms. The van der Waals surface area contributed by atoms with Crippen LogP contribution in [-0.4, -0.2) is 32.6 Å². The summed E-state index contributed by atoms with van der Waals surface area (Å²) in [6.07, 6.45) is 0.994. The molecule has 2 N–H and O–H groups in total. The number of hydrogen-bond donors (Lipinski definition) is 2. The normalized spacial score (nSPS) is 17.8. The Labute approximate surface area is 123 Å². The zero-order chi connectivity index (χ0) is 15.2. The van der Waals surface area contributed by atoms with Crippen LogP contribution in [0.2, 0.25) is 0 Å². The maximum Gasteiger partial charge on any atom is 0.225 e. The summed E-state index contributed by atoms with van der Waals surface area (Å²) in [5.41, 5.74) is 0.852. The van der Waals surface area contributed by atoms with Crippen LogP contribution in [0.25, 0.3) is 0 Å². The van der Waals surface area contributed by atoms with Crippen molar-refractivity contribution in [2.75, 3.05) is 20.8 Å². The number of carbonyl (C=O) groups is 2. The minimum absolute atomic E-state index is 0.00788. The fraction of sp³-hybridized carbons (Fsp3) is 0.467. The van der Waals surface area contributed by atoms with Crippen molar-refractivity contribution in [3.05, 3.63) is 23.8 Å². The molecule has 1 aliphatic rings. The van der Waals surface area contributed by atoms with Crippen molar-refractivity contribution in [2.45, 2.75) is 19.4 Å². The fourth-order valence-corrected chi connectivity index (χ4v) is 2.30. The van der Waals surface area contributed by atoms with E-state index in [0.29, 0.717) is 37.4 Å². The van der Waals surface area contributed by atoms with Gasteiger partial charge in [-0.1, -0.05) is 0 Å². The highest BCUT2D eigenvalue weighted by Crippen LogP contribution is 2.24. The molecule has 2 rings (SSSR count). The maximum absolute atomic E-state index is 12.1. The number of methoxy groups -OCH3 is 2. The van der Waals surface area contributed by atoms with E-state index >= 15 is 0 Å². The van der Waals surface area contributed by atoms with Gasteiger partial charge in [-0.25, -0.2) is 0 Å². The third kappa shape index (κ3) is 3.87. The van der Waals surface area contributed by atoms with E-state index in [2.05, 4.69) is 10.6 Å². The molecule has 1 aromatic rings. The van der Waals surface area contributed by atoms with E-state index in [-0.39, 0.29) is 17.7 Å². The lowest BCUT2D eigenvalue weighted by atomic mass is 9.98. The van der Waals surface area contributed by atoms with Crippen LogP contribution in [0.1, 0.15) is 18.4 Å². The second-order valence-corrected chi connectivity index (χ2v) is 4.94. The lowest BCUT2D eigenvalue weighted by molar-refractivity contribution is -0.129. The van der Waals surface area contributed by atoms with Gasteiger partial charge in [0.1, 0.15) is 11.5 Å². The topological polar surface area (TPSA) is 76.7 Å². The number of nitrogens with one attached hydrogen (secondary N) is 2. The fourth-order valence-electron chi connectivity index (χ4n) is 2.30. The summed E-state index contributed by atoms with van der Waals surface area (Å²) in [4.78, 5) is 23.2. The summed E-state index contributed by atoms with van der Waals surface area (Å²) in [6, 6.07) is 5.45. The molecule has 0 radical (unpaired) electrons. The van der Waals surface area contributed by atoms with Crippen LogP contribution >= 0.6 is 0 Å². The van der Waals surface area contributed by atoms with Gasteiger partial charge in [-0.05, 0) is 24.6 Å². The standard InChI is InChI=1S/C15H20N2O4/c1-20-12-4-5-13(21-2)11(7-12)9-17-15(19)10-3-6-14(18)16-8-10/h4-5,7,10H,3,6,8-9H2,1-2H3,(H,16,18)(H,17,19). The third-order valence-electron chi connectivity index (χ3n) is 3.58. The number of benzene rings is 1. The monoisotopic (exact) mass is 292 g/mol. The van der Waals surface area contributed by atoms with Crippen LogP contribution in [0, 0.1) is 5.92 Å². The van der Waals surface area contributed by atoms with Gasteiger partial charge in [0.25, 0.3) is 0 Å². The summed E-state index contributed by atoms with van der Waals surface area (Å²) in [6.45, 7) is 0.767. The Balaban J connectivity index is 1.95. The van der Waals surface area contributed by atoms with E-state index in [0.717, 1.165) is 5.56 Å². The first-order valence-corrected chi connectivity index (χ1v) is 6.89. The molecule has 1 unspecified atom stereocenters. The molecule has 0 bridgehead atoms. The predicted molar refractivity (Wildman–Crippen MR) is 77.1 cm³/mol. The van der Waals surface area contributed by atoms with Crippen LogP contribution < -0.4 is 20.1 Å². The molecule has 0 saturated carbocycles. The van der Waals surface area contributed by atoms with E-state index in [9.17, 15) is 9.59 Å². The molecule has 1 fully saturated rings. The highest BCUT2D eigenvalue weighted by Gasteiger charge is 2.24. The molecular weight excluding hydrogens is 272 g/mol. The molecule has 2 amide bonds. The Morgan fingerprint density at radius 2 is 2.19 bits per heavy atom. The molecule has 1 aromatic carbocycles.